The normalized spacial score (nSPS) is 36.0. The molecule has 2 fully saturated rings. The number of rotatable bonds is 4. The summed E-state index contributed by atoms with van der Waals surface area (Å²) in [5.74, 6) is 1.03. The van der Waals surface area contributed by atoms with E-state index in [0.717, 1.165) is 18.0 Å². The van der Waals surface area contributed by atoms with Crippen molar-refractivity contribution in [1.29, 1.82) is 0 Å². The predicted octanol–water partition coefficient (Wildman–Crippen LogP) is 4.22. The Hall–Kier alpha value is -0.0400. The third-order valence-corrected chi connectivity index (χ3v) is 4.76. The minimum Gasteiger partial charge on any atom is -0.297 e. The van der Waals surface area contributed by atoms with Gasteiger partial charge in [-0.1, -0.05) is 33.1 Å². The Morgan fingerprint density at radius 2 is 1.75 bits per heavy atom. The van der Waals surface area contributed by atoms with Crippen molar-refractivity contribution in [2.45, 2.75) is 83.7 Å². The molecule has 2 heterocycles. The Labute approximate surface area is 102 Å². The van der Waals surface area contributed by atoms with Gasteiger partial charge >= 0.3 is 0 Å². The van der Waals surface area contributed by atoms with Gasteiger partial charge in [0.15, 0.2) is 0 Å². The standard InChI is InChI=1S/C15H29N/c1-3-7-13-10-11-14(8-4-2)16-12-6-5-9-15(13)16/h13-15H,3-12H2,1-2H3/t13?,14?,15-/m0/s1. The molecule has 16 heavy (non-hydrogen) atoms. The highest BCUT2D eigenvalue weighted by molar-refractivity contribution is 4.91. The fraction of sp³-hybridized carbons (Fsp3) is 1.00. The van der Waals surface area contributed by atoms with Crippen molar-refractivity contribution in [3.05, 3.63) is 0 Å². The maximum Gasteiger partial charge on any atom is 0.0126 e. The molecule has 94 valence electrons. The van der Waals surface area contributed by atoms with Crippen molar-refractivity contribution in [3.8, 4) is 0 Å². The Morgan fingerprint density at radius 3 is 2.50 bits per heavy atom. The highest BCUT2D eigenvalue weighted by Crippen LogP contribution is 2.37. The predicted molar refractivity (Wildman–Crippen MR) is 70.7 cm³/mol. The van der Waals surface area contributed by atoms with E-state index >= 15 is 0 Å². The SMILES string of the molecule is CCCC1CCC(CCC)N2CCCC[C@@H]12. The van der Waals surface area contributed by atoms with E-state index in [1.54, 1.807) is 0 Å². The summed E-state index contributed by atoms with van der Waals surface area (Å²) in [6, 6.07) is 1.89. The van der Waals surface area contributed by atoms with E-state index in [4.69, 9.17) is 0 Å². The van der Waals surface area contributed by atoms with Crippen molar-refractivity contribution >= 4 is 0 Å². The first-order valence-corrected chi connectivity index (χ1v) is 7.62. The molecule has 0 N–H and O–H groups in total. The number of nitrogens with zero attached hydrogens (tertiary/aromatic N) is 1. The monoisotopic (exact) mass is 223 g/mol. The molecular formula is C15H29N. The van der Waals surface area contributed by atoms with Gasteiger partial charge in [-0.2, -0.15) is 0 Å². The molecule has 0 aromatic heterocycles. The Bertz CT molecular complexity index is 180. The van der Waals surface area contributed by atoms with E-state index in [-0.39, 0.29) is 0 Å². The van der Waals surface area contributed by atoms with Gasteiger partial charge in [-0.05, 0) is 51.0 Å². The first kappa shape index (κ1) is 12.4. The second kappa shape index (κ2) is 6.05. The molecule has 3 atom stereocenters. The number of hydrogen-bond acceptors (Lipinski definition) is 1. The van der Waals surface area contributed by atoms with Gasteiger partial charge in [0.05, 0.1) is 0 Å². The zero-order valence-electron chi connectivity index (χ0n) is 11.3. The number of fused-ring (bicyclic) bond motifs is 1. The van der Waals surface area contributed by atoms with Crippen LogP contribution in [0.15, 0.2) is 0 Å². The van der Waals surface area contributed by atoms with Crippen molar-refractivity contribution < 1.29 is 0 Å². The minimum absolute atomic E-state index is 0.934. The second-order valence-corrected chi connectivity index (χ2v) is 5.87. The van der Waals surface area contributed by atoms with Crippen LogP contribution in [0.25, 0.3) is 0 Å². The lowest BCUT2D eigenvalue weighted by Gasteiger charge is -2.49. The smallest absolute Gasteiger partial charge is 0.0126 e. The Morgan fingerprint density at radius 1 is 0.938 bits per heavy atom. The largest absolute Gasteiger partial charge is 0.297 e. The summed E-state index contributed by atoms with van der Waals surface area (Å²) in [6.07, 6.45) is 13.1. The lowest BCUT2D eigenvalue weighted by atomic mass is 9.78. The zero-order chi connectivity index (χ0) is 11.4. The topological polar surface area (TPSA) is 3.24 Å². The van der Waals surface area contributed by atoms with Gasteiger partial charge in [-0.15, -0.1) is 0 Å². The quantitative estimate of drug-likeness (QED) is 0.690. The van der Waals surface area contributed by atoms with Crippen LogP contribution in [-0.2, 0) is 0 Å². The highest BCUT2D eigenvalue weighted by Gasteiger charge is 2.37. The molecule has 0 aliphatic carbocycles. The summed E-state index contributed by atoms with van der Waals surface area (Å²) in [5, 5.41) is 0. The molecular weight excluding hydrogens is 194 g/mol. The molecule has 0 bridgehead atoms. The summed E-state index contributed by atoms with van der Waals surface area (Å²) in [6.45, 7) is 6.10. The fourth-order valence-electron chi connectivity index (χ4n) is 4.05. The van der Waals surface area contributed by atoms with E-state index in [9.17, 15) is 0 Å². The van der Waals surface area contributed by atoms with Gasteiger partial charge < -0.3 is 0 Å². The summed E-state index contributed by atoms with van der Waals surface area (Å²) in [5.41, 5.74) is 0. The molecule has 0 spiro atoms. The van der Waals surface area contributed by atoms with Crippen LogP contribution < -0.4 is 0 Å². The van der Waals surface area contributed by atoms with Crippen molar-refractivity contribution in [2.75, 3.05) is 6.54 Å². The summed E-state index contributed by atoms with van der Waals surface area (Å²) in [7, 11) is 0. The van der Waals surface area contributed by atoms with Gasteiger partial charge in [0.1, 0.15) is 0 Å². The van der Waals surface area contributed by atoms with Crippen LogP contribution in [0.3, 0.4) is 0 Å². The molecule has 1 nitrogen and oxygen atoms in total. The van der Waals surface area contributed by atoms with Gasteiger partial charge in [0.25, 0.3) is 0 Å². The Kier molecular flexibility index (Phi) is 4.69. The van der Waals surface area contributed by atoms with Crippen molar-refractivity contribution in [3.63, 3.8) is 0 Å². The zero-order valence-corrected chi connectivity index (χ0v) is 11.3. The molecule has 0 saturated carbocycles. The molecule has 2 saturated heterocycles. The van der Waals surface area contributed by atoms with E-state index < -0.39 is 0 Å². The molecule has 2 rings (SSSR count). The van der Waals surface area contributed by atoms with E-state index in [0.29, 0.717) is 0 Å². The van der Waals surface area contributed by atoms with E-state index in [1.807, 2.05) is 0 Å². The molecule has 0 radical (unpaired) electrons. The van der Waals surface area contributed by atoms with Gasteiger partial charge in [-0.3, -0.25) is 4.90 Å². The summed E-state index contributed by atoms with van der Waals surface area (Å²) >= 11 is 0. The Balaban J connectivity index is 1.99. The number of hydrogen-bond donors (Lipinski definition) is 0. The van der Waals surface area contributed by atoms with Crippen LogP contribution in [0, 0.1) is 5.92 Å². The molecule has 0 aromatic carbocycles. The molecule has 2 aliphatic rings. The molecule has 2 aliphatic heterocycles. The van der Waals surface area contributed by atoms with Crippen LogP contribution >= 0.6 is 0 Å². The van der Waals surface area contributed by atoms with Crippen molar-refractivity contribution in [1.82, 2.24) is 4.90 Å². The summed E-state index contributed by atoms with van der Waals surface area (Å²) < 4.78 is 0. The van der Waals surface area contributed by atoms with Gasteiger partial charge in [0.2, 0.25) is 0 Å². The number of piperidine rings is 2. The van der Waals surface area contributed by atoms with Crippen LogP contribution in [0.1, 0.15) is 71.6 Å². The molecule has 0 aromatic rings. The first-order valence-electron chi connectivity index (χ1n) is 7.62. The van der Waals surface area contributed by atoms with E-state index in [2.05, 4.69) is 18.7 Å². The van der Waals surface area contributed by atoms with Crippen LogP contribution in [0.4, 0.5) is 0 Å². The maximum absolute atomic E-state index is 2.90. The maximum atomic E-state index is 2.90. The average molecular weight is 223 g/mol. The third-order valence-electron chi connectivity index (χ3n) is 4.76. The lowest BCUT2D eigenvalue weighted by molar-refractivity contribution is 0.00521. The molecule has 2 unspecified atom stereocenters. The minimum atomic E-state index is 0.934. The molecule has 1 heteroatoms. The first-order chi connectivity index (χ1) is 7.86. The lowest BCUT2D eigenvalue weighted by Crippen LogP contribution is -2.53. The second-order valence-electron chi connectivity index (χ2n) is 5.87. The van der Waals surface area contributed by atoms with Crippen LogP contribution in [0.2, 0.25) is 0 Å². The van der Waals surface area contributed by atoms with Gasteiger partial charge in [0, 0.05) is 12.1 Å². The third kappa shape index (κ3) is 2.61. The van der Waals surface area contributed by atoms with Crippen LogP contribution in [0.5, 0.6) is 0 Å². The molecule has 0 amide bonds. The van der Waals surface area contributed by atoms with E-state index in [1.165, 1.54) is 64.3 Å². The highest BCUT2D eigenvalue weighted by atomic mass is 15.2. The fourth-order valence-corrected chi connectivity index (χ4v) is 4.05. The summed E-state index contributed by atoms with van der Waals surface area (Å²) in [4.78, 5) is 2.90. The average Bonchev–Trinajstić information content (AvgIpc) is 2.33. The van der Waals surface area contributed by atoms with Crippen molar-refractivity contribution in [2.24, 2.45) is 5.92 Å². The van der Waals surface area contributed by atoms with Crippen LogP contribution in [-0.4, -0.2) is 23.5 Å². The van der Waals surface area contributed by atoms with Gasteiger partial charge in [-0.25, -0.2) is 0 Å².